The van der Waals surface area contributed by atoms with Gasteiger partial charge < -0.3 is 9.67 Å². The largest absolute Gasteiger partial charge is 0.382 e. The summed E-state index contributed by atoms with van der Waals surface area (Å²) in [6.45, 7) is 0. The Hall–Kier alpha value is -1.77. The number of fused-ring (bicyclic) bond motifs is 2. The van der Waals surface area contributed by atoms with Crippen molar-refractivity contribution in [3.63, 3.8) is 0 Å². The normalized spacial score (nSPS) is 29.9. The highest BCUT2D eigenvalue weighted by Gasteiger charge is 2.53. The van der Waals surface area contributed by atoms with Crippen molar-refractivity contribution in [1.82, 2.24) is 13.9 Å². The van der Waals surface area contributed by atoms with Crippen molar-refractivity contribution in [1.29, 1.82) is 0 Å². The third kappa shape index (κ3) is 2.59. The van der Waals surface area contributed by atoms with E-state index in [1.807, 2.05) is 7.05 Å². The summed E-state index contributed by atoms with van der Waals surface area (Å²) in [6, 6.07) is 4.34. The number of nitrogens with zero attached hydrogens (tertiary/aromatic N) is 3. The van der Waals surface area contributed by atoms with Gasteiger partial charge in [-0.05, 0) is 37.1 Å². The van der Waals surface area contributed by atoms with Crippen LogP contribution < -0.4 is 0 Å². The minimum Gasteiger partial charge on any atom is -0.382 e. The third-order valence-corrected chi connectivity index (χ3v) is 7.35. The fourth-order valence-electron chi connectivity index (χ4n) is 4.30. The van der Waals surface area contributed by atoms with Crippen LogP contribution in [0.25, 0.3) is 0 Å². The zero-order valence-corrected chi connectivity index (χ0v) is 14.7. The molecule has 2 bridgehead atoms. The molecule has 2 saturated heterocycles. The number of sulfonamides is 1. The molecule has 0 unspecified atom stereocenters. The van der Waals surface area contributed by atoms with E-state index in [9.17, 15) is 17.9 Å². The quantitative estimate of drug-likeness (QED) is 0.899. The highest BCUT2D eigenvalue weighted by Crippen LogP contribution is 2.47. The van der Waals surface area contributed by atoms with Gasteiger partial charge in [0.1, 0.15) is 17.2 Å². The Bertz CT molecular complexity index is 880. The molecule has 2 aliphatic rings. The summed E-state index contributed by atoms with van der Waals surface area (Å²) in [5, 5.41) is 11.1. The Morgan fingerprint density at radius 2 is 1.80 bits per heavy atom. The van der Waals surface area contributed by atoms with E-state index in [0.717, 1.165) is 12.1 Å². The first-order valence-electron chi connectivity index (χ1n) is 8.30. The lowest BCUT2D eigenvalue weighted by molar-refractivity contribution is -0.0429. The highest BCUT2D eigenvalue weighted by atomic mass is 32.2. The smallest absolute Gasteiger partial charge is 0.243 e. The topological polar surface area (TPSA) is 75.4 Å². The molecule has 3 heterocycles. The molecule has 4 rings (SSSR count). The summed E-state index contributed by atoms with van der Waals surface area (Å²) in [5.74, 6) is 0.105. The molecule has 2 atom stereocenters. The van der Waals surface area contributed by atoms with Gasteiger partial charge in [0.15, 0.2) is 0 Å². The molecule has 25 heavy (non-hydrogen) atoms. The Morgan fingerprint density at radius 1 is 1.20 bits per heavy atom. The number of rotatable bonds is 3. The molecule has 0 saturated carbocycles. The number of aliphatic hydroxyl groups is 1. The molecule has 1 aromatic carbocycles. The molecule has 6 nitrogen and oxygen atoms in total. The van der Waals surface area contributed by atoms with E-state index in [0.29, 0.717) is 31.5 Å². The van der Waals surface area contributed by atoms with E-state index in [-0.39, 0.29) is 17.0 Å². The highest BCUT2D eigenvalue weighted by molar-refractivity contribution is 7.89. The average molecular weight is 365 g/mol. The second-order valence-electron chi connectivity index (χ2n) is 6.98. The zero-order chi connectivity index (χ0) is 17.8. The Kier molecular flexibility index (Phi) is 3.75. The van der Waals surface area contributed by atoms with Gasteiger partial charge in [-0.25, -0.2) is 17.8 Å². The lowest BCUT2D eigenvalue weighted by atomic mass is 9.86. The number of aryl methyl sites for hydroxylation is 1. The first kappa shape index (κ1) is 16.7. The first-order chi connectivity index (χ1) is 11.8. The maximum atomic E-state index is 13.1. The second kappa shape index (κ2) is 5.62. The van der Waals surface area contributed by atoms with E-state index in [4.69, 9.17) is 0 Å². The molecule has 134 valence electrons. The first-order valence-corrected chi connectivity index (χ1v) is 9.74. The Labute approximate surface area is 146 Å². The predicted octanol–water partition coefficient (Wildman–Crippen LogP) is 1.76. The van der Waals surface area contributed by atoms with Crippen LogP contribution in [-0.4, -0.2) is 39.5 Å². The summed E-state index contributed by atoms with van der Waals surface area (Å²) in [7, 11) is -1.89. The third-order valence-electron chi connectivity index (χ3n) is 5.33. The van der Waals surface area contributed by atoms with Crippen LogP contribution in [0.3, 0.4) is 0 Å². The number of halogens is 1. The zero-order valence-electron chi connectivity index (χ0n) is 13.8. The van der Waals surface area contributed by atoms with Crippen LogP contribution >= 0.6 is 0 Å². The number of aromatic nitrogens is 2. The van der Waals surface area contributed by atoms with E-state index in [2.05, 4.69) is 4.98 Å². The molecule has 1 N–H and O–H groups in total. The summed E-state index contributed by atoms with van der Waals surface area (Å²) >= 11 is 0. The lowest BCUT2D eigenvalue weighted by Gasteiger charge is -2.42. The van der Waals surface area contributed by atoms with Crippen LogP contribution in [0, 0.1) is 5.82 Å². The van der Waals surface area contributed by atoms with E-state index in [1.165, 1.54) is 16.4 Å². The van der Waals surface area contributed by atoms with Crippen molar-refractivity contribution in [2.75, 3.05) is 0 Å². The van der Waals surface area contributed by atoms with Crippen molar-refractivity contribution in [3.8, 4) is 0 Å². The van der Waals surface area contributed by atoms with Gasteiger partial charge in [0, 0.05) is 44.4 Å². The fourth-order valence-corrected chi connectivity index (χ4v) is 6.17. The fraction of sp³-hybridized carbons (Fsp3) is 0.471. The molecular weight excluding hydrogens is 345 g/mol. The monoisotopic (exact) mass is 365 g/mol. The molecule has 2 aromatic rings. The van der Waals surface area contributed by atoms with Crippen molar-refractivity contribution in [3.05, 3.63) is 48.3 Å². The van der Waals surface area contributed by atoms with Gasteiger partial charge in [-0.1, -0.05) is 0 Å². The predicted molar refractivity (Wildman–Crippen MR) is 88.6 cm³/mol. The molecule has 0 spiro atoms. The summed E-state index contributed by atoms with van der Waals surface area (Å²) in [6.07, 6.45) is 5.45. The van der Waals surface area contributed by atoms with E-state index in [1.54, 1.807) is 17.0 Å². The van der Waals surface area contributed by atoms with Crippen molar-refractivity contribution >= 4 is 10.0 Å². The Morgan fingerprint density at radius 3 is 2.32 bits per heavy atom. The van der Waals surface area contributed by atoms with Gasteiger partial charge >= 0.3 is 0 Å². The van der Waals surface area contributed by atoms with Crippen LogP contribution in [0.4, 0.5) is 4.39 Å². The van der Waals surface area contributed by atoms with Crippen LogP contribution in [0.15, 0.2) is 41.6 Å². The number of piperidine rings is 1. The minimum absolute atomic E-state index is 0.0910. The maximum Gasteiger partial charge on any atom is 0.243 e. The molecular formula is C17H20FN3O3S. The molecule has 0 radical (unpaired) electrons. The van der Waals surface area contributed by atoms with E-state index < -0.39 is 21.4 Å². The summed E-state index contributed by atoms with van der Waals surface area (Å²) in [4.78, 5) is 4.36. The van der Waals surface area contributed by atoms with Gasteiger partial charge in [-0.2, -0.15) is 4.31 Å². The van der Waals surface area contributed by atoms with Crippen molar-refractivity contribution in [2.24, 2.45) is 7.05 Å². The van der Waals surface area contributed by atoms with Crippen LogP contribution in [0.5, 0.6) is 0 Å². The second-order valence-corrected chi connectivity index (χ2v) is 8.82. The number of imidazole rings is 1. The van der Waals surface area contributed by atoms with Crippen LogP contribution in [0.1, 0.15) is 31.5 Å². The van der Waals surface area contributed by atoms with Crippen molar-refractivity contribution < 1.29 is 17.9 Å². The van der Waals surface area contributed by atoms with Crippen LogP contribution in [-0.2, 0) is 22.7 Å². The Balaban J connectivity index is 1.67. The molecule has 0 aliphatic carbocycles. The van der Waals surface area contributed by atoms with Crippen LogP contribution in [0.2, 0.25) is 0 Å². The van der Waals surface area contributed by atoms with Gasteiger partial charge in [-0.3, -0.25) is 0 Å². The van der Waals surface area contributed by atoms with Gasteiger partial charge in [0.2, 0.25) is 10.0 Å². The average Bonchev–Trinajstić information content (AvgIpc) is 3.11. The van der Waals surface area contributed by atoms with Crippen molar-refractivity contribution in [2.45, 2.75) is 48.3 Å². The lowest BCUT2D eigenvalue weighted by Crippen LogP contribution is -2.52. The molecule has 1 aromatic heterocycles. The van der Waals surface area contributed by atoms with Gasteiger partial charge in [0.05, 0.1) is 4.90 Å². The van der Waals surface area contributed by atoms with Gasteiger partial charge in [-0.15, -0.1) is 0 Å². The SMILES string of the molecule is Cn1ccnc1C1(O)C[C@H]2CC[C@H](C1)N2S(=O)(=O)c1ccc(F)cc1. The molecule has 2 fully saturated rings. The molecule has 8 heteroatoms. The molecule has 0 amide bonds. The minimum atomic E-state index is -3.72. The maximum absolute atomic E-state index is 13.1. The standard InChI is InChI=1S/C17H20FN3O3S/c1-20-9-8-19-16(20)17(22)10-13-4-5-14(11-17)21(13)25(23,24)15-6-2-12(18)3-7-15/h2-3,6-9,13-14,22H,4-5,10-11H2,1H3/t13-,14-/m1/s1. The molecule has 2 aliphatic heterocycles. The van der Waals surface area contributed by atoms with E-state index >= 15 is 0 Å². The number of benzene rings is 1. The summed E-state index contributed by atoms with van der Waals surface area (Å²) < 4.78 is 42.5. The summed E-state index contributed by atoms with van der Waals surface area (Å²) in [5.41, 5.74) is -1.13. The number of hydrogen-bond donors (Lipinski definition) is 1. The number of hydrogen-bond acceptors (Lipinski definition) is 4. The van der Waals surface area contributed by atoms with Gasteiger partial charge in [0.25, 0.3) is 0 Å².